The van der Waals surface area contributed by atoms with Crippen molar-refractivity contribution in [3.8, 4) is 5.75 Å². The molecule has 1 unspecified atom stereocenters. The number of carbonyl (C=O) groups is 1. The van der Waals surface area contributed by atoms with E-state index in [0.29, 0.717) is 16.8 Å². The maximum atomic E-state index is 11.1. The maximum Gasteiger partial charge on any atom is 0.330 e. The summed E-state index contributed by atoms with van der Waals surface area (Å²) in [5, 5.41) is 28.2. The predicted octanol–water partition coefficient (Wildman–Crippen LogP) is 1.68. The van der Waals surface area contributed by atoms with Crippen LogP contribution in [-0.4, -0.2) is 39.6 Å². The van der Waals surface area contributed by atoms with Crippen LogP contribution in [0.15, 0.2) is 59.6 Å². The highest BCUT2D eigenvalue weighted by Crippen LogP contribution is 2.21. The van der Waals surface area contributed by atoms with Crippen LogP contribution in [0.1, 0.15) is 11.1 Å². The summed E-state index contributed by atoms with van der Waals surface area (Å²) < 4.78 is 0. The molecule has 2 rings (SSSR count). The molecule has 0 aliphatic carbocycles. The largest absolute Gasteiger partial charge is 0.507 e. The molecule has 5 nitrogen and oxygen atoms in total. The molecule has 2 aromatic carbocycles. The van der Waals surface area contributed by atoms with Crippen LogP contribution >= 0.6 is 0 Å². The number of hydrogen-bond donors (Lipinski definition) is 3. The summed E-state index contributed by atoms with van der Waals surface area (Å²) in [4.78, 5) is 15.2. The first kappa shape index (κ1) is 14.7. The van der Waals surface area contributed by atoms with Gasteiger partial charge in [0.05, 0.1) is 12.3 Å². The van der Waals surface area contributed by atoms with Gasteiger partial charge >= 0.3 is 5.97 Å². The lowest BCUT2D eigenvalue weighted by Crippen LogP contribution is -2.24. The Bertz CT molecular complexity index is 652. The van der Waals surface area contributed by atoms with Crippen molar-refractivity contribution >= 4 is 11.7 Å². The number of carboxylic acids is 1. The summed E-state index contributed by atoms with van der Waals surface area (Å²) in [6.07, 6.45) is 0. The minimum absolute atomic E-state index is 0.00202. The number of nitrogens with zero attached hydrogens (tertiary/aromatic N) is 1. The monoisotopic (exact) mass is 285 g/mol. The highest BCUT2D eigenvalue weighted by atomic mass is 16.4. The van der Waals surface area contributed by atoms with E-state index in [-0.39, 0.29) is 5.75 Å². The first-order valence-corrected chi connectivity index (χ1v) is 6.38. The number of aliphatic hydroxyl groups is 1. The lowest BCUT2D eigenvalue weighted by molar-refractivity contribution is -0.139. The highest BCUT2D eigenvalue weighted by molar-refractivity contribution is 6.15. The molecular formula is C16H15NO4. The Balaban J connectivity index is 2.58. The third-order valence-electron chi connectivity index (χ3n) is 2.95. The number of phenolic OH excluding ortho intramolecular Hbond substituents is 1. The van der Waals surface area contributed by atoms with Gasteiger partial charge in [-0.2, -0.15) is 0 Å². The quantitative estimate of drug-likeness (QED) is 0.729. The first-order valence-electron chi connectivity index (χ1n) is 6.38. The van der Waals surface area contributed by atoms with Crippen molar-refractivity contribution in [2.75, 3.05) is 6.61 Å². The van der Waals surface area contributed by atoms with Crippen LogP contribution in [0, 0.1) is 0 Å². The Morgan fingerprint density at radius 1 is 1.05 bits per heavy atom. The topological polar surface area (TPSA) is 90.1 Å². The van der Waals surface area contributed by atoms with Gasteiger partial charge in [0.25, 0.3) is 0 Å². The molecule has 108 valence electrons. The zero-order valence-corrected chi connectivity index (χ0v) is 11.2. The number of aliphatic hydroxyl groups excluding tert-OH is 1. The van der Waals surface area contributed by atoms with Crippen molar-refractivity contribution in [1.82, 2.24) is 0 Å². The molecule has 2 aromatic rings. The van der Waals surface area contributed by atoms with Crippen LogP contribution in [0.5, 0.6) is 5.75 Å². The minimum Gasteiger partial charge on any atom is -0.507 e. The van der Waals surface area contributed by atoms with Crippen molar-refractivity contribution in [2.24, 2.45) is 4.99 Å². The van der Waals surface area contributed by atoms with Gasteiger partial charge in [0, 0.05) is 11.1 Å². The summed E-state index contributed by atoms with van der Waals surface area (Å²) in [5.41, 5.74) is 1.41. The van der Waals surface area contributed by atoms with E-state index in [1.807, 2.05) is 6.07 Å². The van der Waals surface area contributed by atoms with E-state index in [1.54, 1.807) is 42.5 Å². The van der Waals surface area contributed by atoms with E-state index in [9.17, 15) is 9.90 Å². The standard InChI is InChI=1S/C16H15NO4/c18-10-13(16(20)21)17-15(11-6-2-1-3-7-11)12-8-4-5-9-14(12)19/h1-9,13,18-19H,10H2,(H,20,21). The van der Waals surface area contributed by atoms with E-state index in [1.165, 1.54) is 6.07 Å². The Kier molecular flexibility index (Phi) is 4.68. The molecule has 0 saturated heterocycles. The number of aromatic hydroxyl groups is 1. The fourth-order valence-electron chi connectivity index (χ4n) is 1.90. The van der Waals surface area contributed by atoms with Crippen LogP contribution in [0.4, 0.5) is 0 Å². The Labute approximate surface area is 121 Å². The van der Waals surface area contributed by atoms with Crippen molar-refractivity contribution in [1.29, 1.82) is 0 Å². The molecule has 0 fully saturated rings. The molecule has 5 heteroatoms. The number of para-hydroxylation sites is 1. The second kappa shape index (κ2) is 6.67. The molecule has 1 atom stereocenters. The van der Waals surface area contributed by atoms with Gasteiger partial charge in [-0.15, -0.1) is 0 Å². The Morgan fingerprint density at radius 2 is 1.67 bits per heavy atom. The Hall–Kier alpha value is -2.66. The molecule has 0 bridgehead atoms. The van der Waals surface area contributed by atoms with Gasteiger partial charge in [0.15, 0.2) is 6.04 Å². The van der Waals surface area contributed by atoms with E-state index in [4.69, 9.17) is 10.2 Å². The van der Waals surface area contributed by atoms with Crippen LogP contribution in [0.3, 0.4) is 0 Å². The van der Waals surface area contributed by atoms with Gasteiger partial charge < -0.3 is 15.3 Å². The van der Waals surface area contributed by atoms with Crippen LogP contribution < -0.4 is 0 Å². The number of rotatable bonds is 5. The fourth-order valence-corrected chi connectivity index (χ4v) is 1.90. The minimum atomic E-state index is -1.28. The molecule has 0 saturated carbocycles. The van der Waals surface area contributed by atoms with E-state index in [0.717, 1.165) is 0 Å². The first-order chi connectivity index (χ1) is 10.1. The maximum absolute atomic E-state index is 11.1. The van der Waals surface area contributed by atoms with Gasteiger partial charge in [-0.05, 0) is 12.1 Å². The molecule has 0 heterocycles. The number of carboxylic acid groups (broad SMARTS) is 1. The van der Waals surface area contributed by atoms with Crippen LogP contribution in [0.25, 0.3) is 0 Å². The average molecular weight is 285 g/mol. The molecule has 3 N–H and O–H groups in total. The van der Waals surface area contributed by atoms with Crippen molar-refractivity contribution in [2.45, 2.75) is 6.04 Å². The second-order valence-corrected chi connectivity index (χ2v) is 4.40. The lowest BCUT2D eigenvalue weighted by Gasteiger charge is -2.12. The average Bonchev–Trinajstić information content (AvgIpc) is 2.50. The van der Waals surface area contributed by atoms with Gasteiger partial charge in [0.2, 0.25) is 0 Å². The third kappa shape index (κ3) is 3.46. The van der Waals surface area contributed by atoms with Crippen molar-refractivity contribution in [3.63, 3.8) is 0 Å². The van der Waals surface area contributed by atoms with Crippen LogP contribution in [0.2, 0.25) is 0 Å². The van der Waals surface area contributed by atoms with Crippen LogP contribution in [-0.2, 0) is 4.79 Å². The molecule has 0 aliphatic heterocycles. The third-order valence-corrected chi connectivity index (χ3v) is 2.95. The van der Waals surface area contributed by atoms with E-state index >= 15 is 0 Å². The summed E-state index contributed by atoms with van der Waals surface area (Å²) in [6.45, 7) is -0.612. The summed E-state index contributed by atoms with van der Waals surface area (Å²) in [7, 11) is 0. The molecule has 0 aliphatic rings. The molecular weight excluding hydrogens is 270 g/mol. The predicted molar refractivity (Wildman–Crippen MR) is 78.7 cm³/mol. The van der Waals surface area contributed by atoms with Crippen molar-refractivity contribution < 1.29 is 20.1 Å². The lowest BCUT2D eigenvalue weighted by atomic mass is 10.0. The number of aliphatic imine (C=N–C) groups is 1. The molecule has 0 amide bonds. The van der Waals surface area contributed by atoms with E-state index in [2.05, 4.69) is 4.99 Å². The number of aliphatic carboxylic acids is 1. The summed E-state index contributed by atoms with van der Waals surface area (Å²) in [5.74, 6) is -1.22. The second-order valence-electron chi connectivity index (χ2n) is 4.40. The van der Waals surface area contributed by atoms with Gasteiger partial charge in [-0.25, -0.2) is 4.79 Å². The number of phenols is 1. The number of hydrogen-bond acceptors (Lipinski definition) is 4. The zero-order valence-electron chi connectivity index (χ0n) is 11.2. The smallest absolute Gasteiger partial charge is 0.330 e. The van der Waals surface area contributed by atoms with Gasteiger partial charge in [-0.3, -0.25) is 4.99 Å². The van der Waals surface area contributed by atoms with Gasteiger partial charge in [-0.1, -0.05) is 42.5 Å². The molecule has 0 aromatic heterocycles. The molecule has 21 heavy (non-hydrogen) atoms. The number of benzene rings is 2. The fraction of sp³-hybridized carbons (Fsp3) is 0.125. The SMILES string of the molecule is O=C(O)C(CO)N=C(c1ccccc1)c1ccccc1O. The normalized spacial score (nSPS) is 12.9. The zero-order chi connectivity index (χ0) is 15.2. The molecule has 0 spiro atoms. The van der Waals surface area contributed by atoms with Gasteiger partial charge in [0.1, 0.15) is 5.75 Å². The van der Waals surface area contributed by atoms with E-state index < -0.39 is 18.6 Å². The summed E-state index contributed by atoms with van der Waals surface area (Å²) in [6, 6.07) is 14.2. The summed E-state index contributed by atoms with van der Waals surface area (Å²) >= 11 is 0. The Morgan fingerprint density at radius 3 is 2.24 bits per heavy atom. The highest BCUT2D eigenvalue weighted by Gasteiger charge is 2.18. The molecule has 0 radical (unpaired) electrons. The van der Waals surface area contributed by atoms with Crippen molar-refractivity contribution in [3.05, 3.63) is 65.7 Å².